The average Bonchev–Trinajstić information content (AvgIpc) is 2.70. The van der Waals surface area contributed by atoms with Gasteiger partial charge >= 0.3 is 0 Å². The molecule has 0 amide bonds. The van der Waals surface area contributed by atoms with Crippen molar-refractivity contribution < 1.29 is 0 Å². The fourth-order valence-corrected chi connectivity index (χ4v) is 2.76. The van der Waals surface area contributed by atoms with Crippen molar-refractivity contribution in [3.05, 3.63) is 93.0 Å². The van der Waals surface area contributed by atoms with E-state index in [1.807, 2.05) is 44.2 Å². The Bertz CT molecular complexity index is 947. The molecule has 0 atom stereocenters. The average molecular weight is 373 g/mol. The molecule has 136 valence electrons. The molecule has 1 aliphatic carbocycles. The van der Waals surface area contributed by atoms with E-state index >= 15 is 0 Å². The highest BCUT2D eigenvalue weighted by Gasteiger charge is 2.09. The van der Waals surface area contributed by atoms with Crippen LogP contribution in [0.25, 0.3) is 0 Å². The molecule has 0 heterocycles. The molecule has 0 aliphatic heterocycles. The zero-order valence-electron chi connectivity index (χ0n) is 16.5. The number of aryl methyl sites for hydroxylation is 2. The highest BCUT2D eigenvalue weighted by Crippen LogP contribution is 2.26. The minimum atomic E-state index is 0.707. The lowest BCUT2D eigenvalue weighted by molar-refractivity contribution is 0.962. The fraction of sp³-hybridized carbons (Fsp3) is 0.231. The van der Waals surface area contributed by atoms with E-state index in [9.17, 15) is 0 Å². The van der Waals surface area contributed by atoms with Gasteiger partial charge in [-0.25, -0.2) is 0 Å². The molecule has 1 aliphatic rings. The van der Waals surface area contributed by atoms with E-state index in [0.717, 1.165) is 35.1 Å². The Hall–Kier alpha value is -2.67. The van der Waals surface area contributed by atoms with E-state index < -0.39 is 0 Å². The largest absolute Gasteiger partial charge is 0.0833 e. The van der Waals surface area contributed by atoms with E-state index in [2.05, 4.69) is 61.8 Å². The zero-order chi connectivity index (χ0) is 19.6. The molecule has 0 saturated carbocycles. The molecule has 0 fully saturated rings. The molecule has 0 saturated heterocycles. The highest BCUT2D eigenvalue weighted by molar-refractivity contribution is 6.32. The summed E-state index contributed by atoms with van der Waals surface area (Å²) in [5.41, 5.74) is 6.56. The maximum absolute atomic E-state index is 6.40. The summed E-state index contributed by atoms with van der Waals surface area (Å²) in [5, 5.41) is 0.707. The molecule has 0 spiro atoms. The summed E-state index contributed by atoms with van der Waals surface area (Å²) in [6.45, 7) is 8.15. The predicted octanol–water partition coefficient (Wildman–Crippen LogP) is 6.95. The first-order chi connectivity index (χ1) is 13.1. The Morgan fingerprint density at radius 3 is 1.63 bits per heavy atom. The van der Waals surface area contributed by atoms with Crippen molar-refractivity contribution in [2.75, 3.05) is 0 Å². The van der Waals surface area contributed by atoms with E-state index in [1.165, 1.54) is 11.1 Å². The van der Waals surface area contributed by atoms with Crippen LogP contribution in [0.5, 0.6) is 0 Å². The van der Waals surface area contributed by atoms with Gasteiger partial charge in [-0.05, 0) is 57.0 Å². The van der Waals surface area contributed by atoms with E-state index in [4.69, 9.17) is 11.6 Å². The van der Waals surface area contributed by atoms with Crippen LogP contribution >= 0.6 is 11.6 Å². The zero-order valence-corrected chi connectivity index (χ0v) is 17.2. The van der Waals surface area contributed by atoms with E-state index in [0.29, 0.717) is 5.03 Å². The molecular weight excluding hydrogens is 348 g/mol. The number of hydrogen-bond donors (Lipinski definition) is 0. The summed E-state index contributed by atoms with van der Waals surface area (Å²) < 4.78 is 0. The van der Waals surface area contributed by atoms with Crippen molar-refractivity contribution in [1.82, 2.24) is 0 Å². The van der Waals surface area contributed by atoms with E-state index in [1.54, 1.807) is 0 Å². The number of allylic oxidation sites excluding steroid dienone is 4. The molecule has 2 aromatic rings. The van der Waals surface area contributed by atoms with Crippen LogP contribution in [0.3, 0.4) is 0 Å². The van der Waals surface area contributed by atoms with Crippen molar-refractivity contribution in [3.8, 4) is 23.7 Å². The molecule has 0 radical (unpaired) electrons. The van der Waals surface area contributed by atoms with Crippen LogP contribution in [0.1, 0.15) is 48.9 Å². The maximum atomic E-state index is 6.40. The van der Waals surface area contributed by atoms with Crippen molar-refractivity contribution >= 4 is 11.6 Å². The van der Waals surface area contributed by atoms with Crippen molar-refractivity contribution in [2.24, 2.45) is 0 Å². The molecule has 0 nitrogen and oxygen atoms in total. The van der Waals surface area contributed by atoms with Crippen LogP contribution in [0.4, 0.5) is 0 Å². The van der Waals surface area contributed by atoms with Gasteiger partial charge in [-0.2, -0.15) is 0 Å². The van der Waals surface area contributed by atoms with Crippen LogP contribution in [0.15, 0.2) is 70.8 Å². The summed E-state index contributed by atoms with van der Waals surface area (Å²) in [7, 11) is 0. The minimum Gasteiger partial charge on any atom is -0.0833 e. The third-order valence-electron chi connectivity index (χ3n) is 4.06. The summed E-state index contributed by atoms with van der Waals surface area (Å²) in [5.74, 6) is 12.8. The molecule has 1 heteroatoms. The van der Waals surface area contributed by atoms with E-state index in [-0.39, 0.29) is 0 Å². The van der Waals surface area contributed by atoms with Crippen molar-refractivity contribution in [3.63, 3.8) is 0 Å². The first kappa shape index (κ1) is 20.6. The molecule has 27 heavy (non-hydrogen) atoms. The molecule has 0 unspecified atom stereocenters. The third kappa shape index (κ3) is 6.53. The molecule has 0 bridgehead atoms. The van der Waals surface area contributed by atoms with Gasteiger partial charge in [0, 0.05) is 22.3 Å². The second kappa shape index (κ2) is 10.5. The second-order valence-electron chi connectivity index (χ2n) is 6.23. The normalized spacial score (nSPS) is 12.6. The molecule has 2 aromatic carbocycles. The second-order valence-corrected chi connectivity index (χ2v) is 6.64. The van der Waals surface area contributed by atoms with Gasteiger partial charge in [-0.3, -0.25) is 0 Å². The standard InChI is InChI=1S/C24H19Cl.C2H6/c1-18-3-7-20(8-4-18)11-12-22-14-16-23(24(25)17-22)15-13-21-9-5-19(2)6-10-21;1-2/h3-10,17H,14,16H2,1-2H3;1-2H3. The lowest BCUT2D eigenvalue weighted by Gasteiger charge is -2.09. The van der Waals surface area contributed by atoms with Crippen LogP contribution in [0, 0.1) is 37.5 Å². The predicted molar refractivity (Wildman–Crippen MR) is 118 cm³/mol. The van der Waals surface area contributed by atoms with Gasteiger partial charge in [0.25, 0.3) is 0 Å². The van der Waals surface area contributed by atoms with Gasteiger partial charge in [-0.15, -0.1) is 0 Å². The maximum Gasteiger partial charge on any atom is 0.0530 e. The monoisotopic (exact) mass is 372 g/mol. The van der Waals surface area contributed by atoms with Gasteiger partial charge in [0.05, 0.1) is 5.03 Å². The van der Waals surface area contributed by atoms with Crippen LogP contribution < -0.4 is 0 Å². The number of halogens is 1. The summed E-state index contributed by atoms with van der Waals surface area (Å²) in [4.78, 5) is 0. The summed E-state index contributed by atoms with van der Waals surface area (Å²) in [6, 6.07) is 16.4. The summed E-state index contributed by atoms with van der Waals surface area (Å²) >= 11 is 6.40. The Morgan fingerprint density at radius 2 is 1.15 bits per heavy atom. The Balaban J connectivity index is 0.00000126. The first-order valence-corrected chi connectivity index (χ1v) is 9.74. The van der Waals surface area contributed by atoms with Crippen LogP contribution in [-0.4, -0.2) is 0 Å². The Kier molecular flexibility index (Phi) is 8.00. The van der Waals surface area contributed by atoms with Crippen LogP contribution in [-0.2, 0) is 0 Å². The fourth-order valence-electron chi connectivity index (χ4n) is 2.49. The SMILES string of the molecule is CC.Cc1ccc(C#CC2=CC(Cl)=C(C#Cc3ccc(C)cc3)CC2)cc1. The first-order valence-electron chi connectivity index (χ1n) is 9.37. The number of rotatable bonds is 0. The van der Waals surface area contributed by atoms with Crippen molar-refractivity contribution in [2.45, 2.75) is 40.5 Å². The summed E-state index contributed by atoms with van der Waals surface area (Å²) in [6.07, 6.45) is 3.67. The molecule has 0 N–H and O–H groups in total. The molecule has 0 aromatic heterocycles. The van der Waals surface area contributed by atoms with Crippen molar-refractivity contribution in [1.29, 1.82) is 0 Å². The van der Waals surface area contributed by atoms with Gasteiger partial charge in [-0.1, -0.05) is 84.5 Å². The van der Waals surface area contributed by atoms with Crippen LogP contribution in [0.2, 0.25) is 0 Å². The van der Waals surface area contributed by atoms with Gasteiger partial charge < -0.3 is 0 Å². The third-order valence-corrected chi connectivity index (χ3v) is 4.40. The number of benzene rings is 2. The molecular formula is C26H25Cl. The topological polar surface area (TPSA) is 0 Å². The molecule has 3 rings (SSSR count). The lowest BCUT2D eigenvalue weighted by Crippen LogP contribution is -1.94. The van der Waals surface area contributed by atoms with Gasteiger partial charge in [0.15, 0.2) is 0 Å². The number of hydrogen-bond acceptors (Lipinski definition) is 0. The van der Waals surface area contributed by atoms with Gasteiger partial charge in [0.1, 0.15) is 0 Å². The quantitative estimate of drug-likeness (QED) is 0.439. The Labute approximate surface area is 169 Å². The smallest absolute Gasteiger partial charge is 0.0530 e. The van der Waals surface area contributed by atoms with Gasteiger partial charge in [0.2, 0.25) is 0 Å². The Morgan fingerprint density at radius 1 is 0.667 bits per heavy atom. The highest BCUT2D eigenvalue weighted by atomic mass is 35.5. The lowest BCUT2D eigenvalue weighted by atomic mass is 9.98. The minimum absolute atomic E-state index is 0.707.